The maximum atomic E-state index is 5.51. The van der Waals surface area contributed by atoms with Gasteiger partial charge in [-0.3, -0.25) is 0 Å². The van der Waals surface area contributed by atoms with Crippen molar-refractivity contribution in [3.8, 4) is 12.3 Å². The van der Waals surface area contributed by atoms with Gasteiger partial charge in [0, 0.05) is 18.4 Å². The molecule has 0 atom stereocenters. The SMILES string of the molecule is C#CCSCCNc1cc(N)nc(N)n1. The average Bonchev–Trinajstić information content (AvgIpc) is 2.16. The van der Waals surface area contributed by atoms with Crippen LogP contribution < -0.4 is 16.8 Å². The van der Waals surface area contributed by atoms with Gasteiger partial charge in [0.2, 0.25) is 5.95 Å². The summed E-state index contributed by atoms with van der Waals surface area (Å²) in [7, 11) is 0. The van der Waals surface area contributed by atoms with Crippen LogP contribution >= 0.6 is 11.8 Å². The number of nitrogens with one attached hydrogen (secondary N) is 1. The molecule has 0 aliphatic carbocycles. The Morgan fingerprint density at radius 3 is 2.93 bits per heavy atom. The summed E-state index contributed by atoms with van der Waals surface area (Å²) in [5, 5.41) is 3.08. The predicted molar refractivity (Wildman–Crippen MR) is 65.5 cm³/mol. The van der Waals surface area contributed by atoms with Gasteiger partial charge in [0.15, 0.2) is 0 Å². The number of hydrogen-bond acceptors (Lipinski definition) is 6. The number of anilines is 3. The largest absolute Gasteiger partial charge is 0.383 e. The normalized spacial score (nSPS) is 9.53. The Labute approximate surface area is 93.0 Å². The van der Waals surface area contributed by atoms with Gasteiger partial charge in [-0.15, -0.1) is 18.2 Å². The molecule has 6 heteroatoms. The summed E-state index contributed by atoms with van der Waals surface area (Å²) < 4.78 is 0. The Morgan fingerprint density at radius 1 is 1.47 bits per heavy atom. The number of hydrogen-bond donors (Lipinski definition) is 3. The van der Waals surface area contributed by atoms with Gasteiger partial charge in [-0.05, 0) is 0 Å². The molecule has 0 amide bonds. The minimum atomic E-state index is 0.175. The van der Waals surface area contributed by atoms with Gasteiger partial charge in [0.1, 0.15) is 11.6 Å². The van der Waals surface area contributed by atoms with Crippen molar-refractivity contribution in [3.63, 3.8) is 0 Å². The van der Waals surface area contributed by atoms with Gasteiger partial charge >= 0.3 is 0 Å². The highest BCUT2D eigenvalue weighted by Crippen LogP contribution is 2.09. The maximum Gasteiger partial charge on any atom is 0.223 e. The predicted octanol–water partition coefficient (Wildman–Crippen LogP) is 0.419. The molecule has 15 heavy (non-hydrogen) atoms. The first-order chi connectivity index (χ1) is 7.22. The van der Waals surface area contributed by atoms with Crippen LogP contribution in [0.2, 0.25) is 0 Å². The molecule has 0 aromatic carbocycles. The molecular formula is C9H13N5S. The first-order valence-corrected chi connectivity index (χ1v) is 5.53. The summed E-state index contributed by atoms with van der Waals surface area (Å²) in [6.07, 6.45) is 5.12. The van der Waals surface area contributed by atoms with Crippen LogP contribution in [0, 0.1) is 12.3 Å². The van der Waals surface area contributed by atoms with Crippen molar-refractivity contribution < 1.29 is 0 Å². The molecule has 0 unspecified atom stereocenters. The lowest BCUT2D eigenvalue weighted by Gasteiger charge is -2.05. The number of terminal acetylenes is 1. The van der Waals surface area contributed by atoms with E-state index in [1.54, 1.807) is 17.8 Å². The van der Waals surface area contributed by atoms with Crippen LogP contribution in [0.25, 0.3) is 0 Å². The van der Waals surface area contributed by atoms with E-state index in [0.29, 0.717) is 11.6 Å². The zero-order chi connectivity index (χ0) is 11.1. The van der Waals surface area contributed by atoms with Crippen molar-refractivity contribution in [2.45, 2.75) is 0 Å². The lowest BCUT2D eigenvalue weighted by molar-refractivity contribution is 1.13. The summed E-state index contributed by atoms with van der Waals surface area (Å²) in [5.41, 5.74) is 10.9. The summed E-state index contributed by atoms with van der Waals surface area (Å²) in [5.74, 6) is 5.36. The summed E-state index contributed by atoms with van der Waals surface area (Å²) in [6.45, 7) is 0.766. The van der Waals surface area contributed by atoms with Crippen LogP contribution in [0.5, 0.6) is 0 Å². The average molecular weight is 223 g/mol. The highest BCUT2D eigenvalue weighted by molar-refractivity contribution is 7.99. The standard InChI is InChI=1S/C9H13N5S/c1-2-4-15-5-3-12-8-6-7(10)13-9(11)14-8/h1,6H,3-5H2,(H5,10,11,12,13,14). The van der Waals surface area contributed by atoms with Gasteiger partial charge in [-0.1, -0.05) is 5.92 Å². The lowest BCUT2D eigenvalue weighted by atomic mass is 10.5. The quantitative estimate of drug-likeness (QED) is 0.495. The second kappa shape index (κ2) is 5.98. The topological polar surface area (TPSA) is 89.8 Å². The second-order valence-corrected chi connectivity index (χ2v) is 3.82. The lowest BCUT2D eigenvalue weighted by Crippen LogP contribution is -2.08. The summed E-state index contributed by atoms with van der Waals surface area (Å²) in [4.78, 5) is 7.74. The van der Waals surface area contributed by atoms with Crippen LogP contribution in [-0.2, 0) is 0 Å². The van der Waals surface area contributed by atoms with Crippen molar-refractivity contribution >= 4 is 29.3 Å². The van der Waals surface area contributed by atoms with E-state index in [-0.39, 0.29) is 5.95 Å². The second-order valence-electron chi connectivity index (χ2n) is 2.72. The number of thioether (sulfide) groups is 1. The fourth-order valence-electron chi connectivity index (χ4n) is 0.958. The molecule has 80 valence electrons. The van der Waals surface area contributed by atoms with E-state index in [1.807, 2.05) is 0 Å². The Hall–Kier alpha value is -1.61. The van der Waals surface area contributed by atoms with E-state index >= 15 is 0 Å². The first kappa shape index (κ1) is 11.5. The van der Waals surface area contributed by atoms with Crippen molar-refractivity contribution in [2.24, 2.45) is 0 Å². The van der Waals surface area contributed by atoms with E-state index in [1.165, 1.54) is 0 Å². The molecule has 0 spiro atoms. The Morgan fingerprint density at radius 2 is 2.27 bits per heavy atom. The van der Waals surface area contributed by atoms with Gasteiger partial charge in [0.25, 0.3) is 0 Å². The molecule has 0 saturated carbocycles. The minimum Gasteiger partial charge on any atom is -0.383 e. The third-order valence-corrected chi connectivity index (χ3v) is 2.36. The van der Waals surface area contributed by atoms with Crippen LogP contribution in [-0.4, -0.2) is 28.0 Å². The van der Waals surface area contributed by atoms with Crippen LogP contribution in [0.1, 0.15) is 0 Å². The molecule has 0 saturated heterocycles. The molecule has 0 aliphatic rings. The fraction of sp³-hybridized carbons (Fsp3) is 0.333. The maximum absolute atomic E-state index is 5.51. The molecule has 0 bridgehead atoms. The van der Waals surface area contributed by atoms with Gasteiger partial charge in [-0.25, -0.2) is 0 Å². The number of aromatic nitrogens is 2. The summed E-state index contributed by atoms with van der Waals surface area (Å²) >= 11 is 1.68. The fourth-order valence-corrected chi connectivity index (χ4v) is 1.47. The third kappa shape index (κ3) is 4.42. The monoisotopic (exact) mass is 223 g/mol. The Bertz CT molecular complexity index is 340. The van der Waals surface area contributed by atoms with Crippen molar-refractivity contribution in [1.29, 1.82) is 0 Å². The Balaban J connectivity index is 2.34. The molecule has 0 radical (unpaired) electrons. The molecule has 0 aliphatic heterocycles. The number of nitrogens with two attached hydrogens (primary N) is 2. The van der Waals surface area contributed by atoms with Gasteiger partial charge < -0.3 is 16.8 Å². The highest BCUT2D eigenvalue weighted by atomic mass is 32.2. The van der Waals surface area contributed by atoms with Crippen LogP contribution in [0.15, 0.2) is 6.07 Å². The van der Waals surface area contributed by atoms with Gasteiger partial charge in [-0.2, -0.15) is 9.97 Å². The third-order valence-electron chi connectivity index (χ3n) is 1.50. The minimum absolute atomic E-state index is 0.175. The molecule has 1 aromatic rings. The van der Waals surface area contributed by atoms with Gasteiger partial charge in [0.05, 0.1) is 5.75 Å². The molecule has 1 heterocycles. The Kier molecular flexibility index (Phi) is 4.57. The number of rotatable bonds is 5. The van der Waals surface area contributed by atoms with Crippen molar-refractivity contribution in [3.05, 3.63) is 6.07 Å². The van der Waals surface area contributed by atoms with E-state index in [4.69, 9.17) is 17.9 Å². The van der Waals surface area contributed by atoms with E-state index < -0.39 is 0 Å². The molecule has 1 aromatic heterocycles. The molecule has 5 N–H and O–H groups in total. The smallest absolute Gasteiger partial charge is 0.223 e. The van der Waals surface area contributed by atoms with Crippen molar-refractivity contribution in [1.82, 2.24) is 9.97 Å². The van der Waals surface area contributed by atoms with E-state index in [2.05, 4.69) is 21.2 Å². The van der Waals surface area contributed by atoms with Crippen molar-refractivity contribution in [2.75, 3.05) is 34.8 Å². The van der Waals surface area contributed by atoms with Crippen LogP contribution in [0.3, 0.4) is 0 Å². The van der Waals surface area contributed by atoms with Crippen LogP contribution in [0.4, 0.5) is 17.6 Å². The number of nitrogens with zero attached hydrogens (tertiary/aromatic N) is 2. The van der Waals surface area contributed by atoms with E-state index in [9.17, 15) is 0 Å². The zero-order valence-corrected chi connectivity index (χ0v) is 9.05. The molecule has 0 fully saturated rings. The highest BCUT2D eigenvalue weighted by Gasteiger charge is 1.98. The van der Waals surface area contributed by atoms with E-state index in [0.717, 1.165) is 18.1 Å². The first-order valence-electron chi connectivity index (χ1n) is 4.37. The molecular weight excluding hydrogens is 210 g/mol. The zero-order valence-electron chi connectivity index (χ0n) is 8.23. The summed E-state index contributed by atoms with van der Waals surface area (Å²) in [6, 6.07) is 1.64. The number of nitrogen functional groups attached to an aromatic ring is 2. The molecule has 5 nitrogen and oxygen atoms in total. The molecule has 1 rings (SSSR count).